The number of aromatic nitrogens is 2. The first-order valence-electron chi connectivity index (χ1n) is 6.20. The maximum atomic E-state index is 10.9. The van der Waals surface area contributed by atoms with Gasteiger partial charge < -0.3 is 4.98 Å². The molecule has 0 unspecified atom stereocenters. The van der Waals surface area contributed by atoms with E-state index in [0.717, 1.165) is 16.5 Å². The summed E-state index contributed by atoms with van der Waals surface area (Å²) in [7, 11) is 0. The molecule has 21 heavy (non-hydrogen) atoms. The molecule has 0 atom stereocenters. The Bertz CT molecular complexity index is 825. The van der Waals surface area contributed by atoms with Crippen molar-refractivity contribution in [2.75, 3.05) is 5.43 Å². The number of nitrogens with one attached hydrogen (secondary N) is 2. The van der Waals surface area contributed by atoms with Crippen LogP contribution >= 0.6 is 0 Å². The van der Waals surface area contributed by atoms with Crippen LogP contribution in [0, 0.1) is 10.1 Å². The predicted octanol–water partition coefficient (Wildman–Crippen LogP) is 2.92. The highest BCUT2D eigenvalue weighted by Gasteiger charge is 2.12. The van der Waals surface area contributed by atoms with E-state index in [1.165, 1.54) is 18.3 Å². The first kappa shape index (κ1) is 12.8. The number of hydrogen-bond donors (Lipinski definition) is 2. The lowest BCUT2D eigenvalue weighted by atomic mass is 10.2. The van der Waals surface area contributed by atoms with Crippen LogP contribution in [-0.2, 0) is 0 Å². The van der Waals surface area contributed by atoms with Gasteiger partial charge in [-0.1, -0.05) is 18.2 Å². The van der Waals surface area contributed by atoms with Crippen molar-refractivity contribution in [3.05, 3.63) is 64.5 Å². The minimum Gasteiger partial charge on any atom is -0.361 e. The van der Waals surface area contributed by atoms with Crippen LogP contribution < -0.4 is 5.43 Å². The first-order chi connectivity index (χ1) is 10.3. The van der Waals surface area contributed by atoms with Crippen LogP contribution in [-0.4, -0.2) is 21.1 Å². The Balaban J connectivity index is 1.83. The van der Waals surface area contributed by atoms with Gasteiger partial charge in [-0.2, -0.15) is 5.10 Å². The van der Waals surface area contributed by atoms with E-state index in [0.29, 0.717) is 0 Å². The van der Waals surface area contributed by atoms with Crippen molar-refractivity contribution in [2.45, 2.75) is 0 Å². The van der Waals surface area contributed by atoms with Gasteiger partial charge in [0.1, 0.15) is 0 Å². The number of hydrazone groups is 1. The number of nitrogens with zero attached hydrogens (tertiary/aromatic N) is 3. The lowest BCUT2D eigenvalue weighted by Crippen LogP contribution is -1.98. The average Bonchev–Trinajstić information content (AvgIpc) is 2.91. The van der Waals surface area contributed by atoms with Gasteiger partial charge in [-0.05, 0) is 12.1 Å². The maximum Gasteiger partial charge on any atom is 0.313 e. The fraction of sp³-hybridized carbons (Fsp3) is 0. The molecule has 0 radical (unpaired) electrons. The molecule has 0 fully saturated rings. The van der Waals surface area contributed by atoms with Gasteiger partial charge >= 0.3 is 5.69 Å². The maximum absolute atomic E-state index is 10.9. The zero-order chi connectivity index (χ0) is 14.7. The molecule has 0 amide bonds. The molecule has 0 aliphatic heterocycles. The Kier molecular flexibility index (Phi) is 3.30. The molecule has 0 spiro atoms. The molecule has 0 aliphatic rings. The molecule has 3 aromatic rings. The molecule has 0 saturated carbocycles. The smallest absolute Gasteiger partial charge is 0.313 e. The summed E-state index contributed by atoms with van der Waals surface area (Å²) in [6, 6.07) is 10.7. The van der Waals surface area contributed by atoms with E-state index in [4.69, 9.17) is 0 Å². The molecule has 2 heterocycles. The molecule has 7 nitrogen and oxygen atoms in total. The van der Waals surface area contributed by atoms with E-state index in [9.17, 15) is 10.1 Å². The summed E-state index contributed by atoms with van der Waals surface area (Å²) in [4.78, 5) is 17.4. The lowest BCUT2D eigenvalue weighted by Gasteiger charge is -1.99. The normalized spacial score (nSPS) is 11.0. The van der Waals surface area contributed by atoms with E-state index >= 15 is 0 Å². The van der Waals surface area contributed by atoms with Gasteiger partial charge in [0.2, 0.25) is 5.82 Å². The number of para-hydroxylation sites is 1. The Labute approximate surface area is 119 Å². The number of fused-ring (bicyclic) bond motifs is 1. The number of H-pyrrole nitrogens is 1. The van der Waals surface area contributed by atoms with E-state index < -0.39 is 4.92 Å². The number of nitro groups is 1. The zero-order valence-electron chi connectivity index (χ0n) is 10.9. The highest BCUT2D eigenvalue weighted by Crippen LogP contribution is 2.20. The molecular formula is C14H11N5O2. The summed E-state index contributed by atoms with van der Waals surface area (Å²) in [6.07, 6.45) is 4.89. The Morgan fingerprint density at radius 2 is 2.14 bits per heavy atom. The monoisotopic (exact) mass is 281 g/mol. The Morgan fingerprint density at radius 1 is 1.29 bits per heavy atom. The largest absolute Gasteiger partial charge is 0.361 e. The minimum atomic E-state index is -0.503. The highest BCUT2D eigenvalue weighted by atomic mass is 16.6. The number of anilines is 1. The number of hydrogen-bond acceptors (Lipinski definition) is 5. The van der Waals surface area contributed by atoms with Crippen LogP contribution in [0.2, 0.25) is 0 Å². The van der Waals surface area contributed by atoms with Crippen LogP contribution in [0.4, 0.5) is 11.5 Å². The van der Waals surface area contributed by atoms with Gasteiger partial charge in [-0.15, -0.1) is 0 Å². The quantitative estimate of drug-likeness (QED) is 0.436. The highest BCUT2D eigenvalue weighted by molar-refractivity contribution is 5.99. The summed E-state index contributed by atoms with van der Waals surface area (Å²) >= 11 is 0. The number of benzene rings is 1. The molecular weight excluding hydrogens is 270 g/mol. The molecule has 1 aromatic carbocycles. The van der Waals surface area contributed by atoms with Crippen LogP contribution in [0.1, 0.15) is 5.56 Å². The molecule has 2 N–H and O–H groups in total. The molecule has 0 saturated heterocycles. The molecule has 0 bridgehead atoms. The van der Waals surface area contributed by atoms with Crippen molar-refractivity contribution in [1.29, 1.82) is 0 Å². The molecule has 2 aromatic heterocycles. The Hall–Kier alpha value is -3.22. The number of pyridine rings is 1. The van der Waals surface area contributed by atoms with Crippen molar-refractivity contribution in [1.82, 2.24) is 9.97 Å². The zero-order valence-corrected chi connectivity index (χ0v) is 10.9. The topological polar surface area (TPSA) is 96.2 Å². The summed E-state index contributed by atoms with van der Waals surface area (Å²) in [5.74, 6) is 0.110. The second kappa shape index (κ2) is 5.41. The van der Waals surface area contributed by atoms with E-state index in [-0.39, 0.29) is 11.5 Å². The molecule has 0 aliphatic carbocycles. The molecule has 7 heteroatoms. The number of rotatable bonds is 4. The molecule has 104 valence electrons. The third-order valence-electron chi connectivity index (χ3n) is 2.98. The van der Waals surface area contributed by atoms with Crippen molar-refractivity contribution in [3.63, 3.8) is 0 Å². The third kappa shape index (κ3) is 2.57. The minimum absolute atomic E-state index is 0.110. The van der Waals surface area contributed by atoms with E-state index in [1.54, 1.807) is 6.21 Å². The summed E-state index contributed by atoms with van der Waals surface area (Å²) in [5, 5.41) is 15.9. The van der Waals surface area contributed by atoms with Crippen molar-refractivity contribution < 1.29 is 4.92 Å². The standard InChI is InChI=1S/C14H11N5O2/c20-19(21)13-6-3-7-15-14(13)18-17-9-10-8-16-12-5-2-1-4-11(10)12/h1-9,16H,(H,15,18)/b17-9-. The van der Waals surface area contributed by atoms with Gasteiger partial charge in [-0.3, -0.25) is 15.5 Å². The van der Waals surface area contributed by atoms with Crippen LogP contribution in [0.25, 0.3) is 10.9 Å². The van der Waals surface area contributed by atoms with Crippen molar-refractivity contribution >= 4 is 28.6 Å². The second-order valence-electron chi connectivity index (χ2n) is 4.29. The SMILES string of the molecule is O=[N+]([O-])c1cccnc1N/N=C\c1c[nH]c2ccccc12. The van der Waals surface area contributed by atoms with Gasteiger partial charge in [-0.25, -0.2) is 4.98 Å². The second-order valence-corrected chi connectivity index (χ2v) is 4.29. The predicted molar refractivity (Wildman–Crippen MR) is 80.4 cm³/mol. The average molecular weight is 281 g/mol. The van der Waals surface area contributed by atoms with Crippen molar-refractivity contribution in [2.24, 2.45) is 5.10 Å². The van der Waals surface area contributed by atoms with Gasteiger partial charge in [0.25, 0.3) is 0 Å². The summed E-state index contributed by atoms with van der Waals surface area (Å²) < 4.78 is 0. The van der Waals surface area contributed by atoms with Gasteiger partial charge in [0, 0.05) is 34.9 Å². The Morgan fingerprint density at radius 3 is 3.00 bits per heavy atom. The fourth-order valence-electron chi connectivity index (χ4n) is 1.99. The van der Waals surface area contributed by atoms with Gasteiger partial charge in [0.15, 0.2) is 0 Å². The summed E-state index contributed by atoms with van der Waals surface area (Å²) in [6.45, 7) is 0. The fourth-order valence-corrected chi connectivity index (χ4v) is 1.99. The first-order valence-corrected chi connectivity index (χ1v) is 6.20. The van der Waals surface area contributed by atoms with E-state index in [2.05, 4.69) is 20.5 Å². The van der Waals surface area contributed by atoms with Crippen molar-refractivity contribution in [3.8, 4) is 0 Å². The number of aromatic amines is 1. The van der Waals surface area contributed by atoms with Crippen LogP contribution in [0.5, 0.6) is 0 Å². The van der Waals surface area contributed by atoms with Crippen LogP contribution in [0.15, 0.2) is 53.9 Å². The van der Waals surface area contributed by atoms with E-state index in [1.807, 2.05) is 30.5 Å². The third-order valence-corrected chi connectivity index (χ3v) is 2.98. The molecule has 3 rings (SSSR count). The lowest BCUT2D eigenvalue weighted by molar-refractivity contribution is -0.384. The summed E-state index contributed by atoms with van der Waals surface area (Å²) in [5.41, 5.74) is 4.37. The van der Waals surface area contributed by atoms with Crippen LogP contribution in [0.3, 0.4) is 0 Å². The van der Waals surface area contributed by atoms with Gasteiger partial charge in [0.05, 0.1) is 11.1 Å².